The molecule has 3 heterocycles. The lowest BCUT2D eigenvalue weighted by Crippen LogP contribution is -2.49. The number of hydrogen-bond donors (Lipinski definition) is 0. The lowest BCUT2D eigenvalue weighted by atomic mass is 10.0. The van der Waals surface area contributed by atoms with Crippen LogP contribution in [-0.4, -0.2) is 75.2 Å². The minimum Gasteiger partial charge on any atom is -0.483 e. The number of methoxy groups -OCH3 is 2. The van der Waals surface area contributed by atoms with Gasteiger partial charge in [0.25, 0.3) is 0 Å². The Morgan fingerprint density at radius 3 is 2.80 bits per heavy atom. The molecule has 2 aliphatic heterocycles. The summed E-state index contributed by atoms with van der Waals surface area (Å²) in [5, 5.41) is 0. The summed E-state index contributed by atoms with van der Waals surface area (Å²) in [7, 11) is -0.477. The van der Waals surface area contributed by atoms with Crippen molar-refractivity contribution in [1.29, 1.82) is 0 Å². The molecule has 1 saturated heterocycles. The van der Waals surface area contributed by atoms with E-state index in [4.69, 9.17) is 14.2 Å². The molecule has 1 aromatic heterocycles. The summed E-state index contributed by atoms with van der Waals surface area (Å²) >= 11 is 0. The highest BCUT2D eigenvalue weighted by Gasteiger charge is 2.47. The van der Waals surface area contributed by atoms with Gasteiger partial charge in [-0.2, -0.15) is 4.31 Å². The van der Waals surface area contributed by atoms with Gasteiger partial charge in [0, 0.05) is 51.5 Å². The number of para-hydroxylation sites is 1. The molecule has 4 rings (SSSR count). The highest BCUT2D eigenvalue weighted by molar-refractivity contribution is 7.89. The highest BCUT2D eigenvalue weighted by atomic mass is 32.2. The van der Waals surface area contributed by atoms with Crippen LogP contribution in [0.3, 0.4) is 0 Å². The summed E-state index contributed by atoms with van der Waals surface area (Å²) in [4.78, 5) is 6.74. The third-order valence-electron chi connectivity index (χ3n) is 5.64. The van der Waals surface area contributed by atoms with Crippen LogP contribution >= 0.6 is 0 Å². The first-order valence-corrected chi connectivity index (χ1v) is 11.4. The van der Waals surface area contributed by atoms with Crippen molar-refractivity contribution in [1.82, 2.24) is 14.2 Å². The first-order chi connectivity index (χ1) is 14.5. The molecule has 0 N–H and O–H groups in total. The Morgan fingerprint density at radius 2 is 2.00 bits per heavy atom. The molecule has 0 saturated carbocycles. The first kappa shape index (κ1) is 21.0. The van der Waals surface area contributed by atoms with Gasteiger partial charge >= 0.3 is 0 Å². The van der Waals surface area contributed by atoms with Crippen molar-refractivity contribution in [3.63, 3.8) is 0 Å². The van der Waals surface area contributed by atoms with E-state index in [2.05, 4.69) is 9.88 Å². The zero-order valence-corrected chi connectivity index (χ0v) is 18.1. The molecule has 0 unspecified atom stereocenters. The van der Waals surface area contributed by atoms with E-state index < -0.39 is 15.6 Å². The van der Waals surface area contributed by atoms with Gasteiger partial charge in [-0.1, -0.05) is 18.2 Å². The molecule has 1 aromatic carbocycles. The summed E-state index contributed by atoms with van der Waals surface area (Å²) in [6, 6.07) is 10.8. The van der Waals surface area contributed by atoms with Gasteiger partial charge in [0.1, 0.15) is 16.2 Å². The molecule has 1 fully saturated rings. The zero-order valence-electron chi connectivity index (χ0n) is 17.3. The Balaban J connectivity index is 1.62. The summed E-state index contributed by atoms with van der Waals surface area (Å²) in [5.74, 6) is 1.02. The van der Waals surface area contributed by atoms with Crippen molar-refractivity contribution in [3.8, 4) is 11.6 Å². The zero-order chi connectivity index (χ0) is 21.2. The molecule has 0 radical (unpaired) electrons. The molecule has 9 heteroatoms. The maximum atomic E-state index is 13.3. The second kappa shape index (κ2) is 8.50. The number of pyridine rings is 1. The Morgan fingerprint density at radius 1 is 1.17 bits per heavy atom. The number of hydrogen-bond acceptors (Lipinski definition) is 7. The Kier molecular flexibility index (Phi) is 5.97. The fourth-order valence-corrected chi connectivity index (χ4v) is 5.81. The molecule has 162 valence electrons. The van der Waals surface area contributed by atoms with Gasteiger partial charge in [0.05, 0.1) is 20.3 Å². The fraction of sp³-hybridized carbons (Fsp3) is 0.476. The molecule has 1 spiro atoms. The summed E-state index contributed by atoms with van der Waals surface area (Å²) in [5.41, 5.74) is 0.373. The van der Waals surface area contributed by atoms with Crippen LogP contribution in [0.25, 0.3) is 0 Å². The molecule has 0 bridgehead atoms. The largest absolute Gasteiger partial charge is 0.483 e. The molecule has 8 nitrogen and oxygen atoms in total. The molecular weight excluding hydrogens is 406 g/mol. The van der Waals surface area contributed by atoms with Gasteiger partial charge in [-0.3, -0.25) is 4.90 Å². The van der Waals surface area contributed by atoms with Crippen molar-refractivity contribution >= 4 is 10.0 Å². The van der Waals surface area contributed by atoms with Gasteiger partial charge in [-0.15, -0.1) is 0 Å². The molecule has 30 heavy (non-hydrogen) atoms. The van der Waals surface area contributed by atoms with Crippen molar-refractivity contribution in [2.45, 2.75) is 23.5 Å². The standard InChI is InChI=1S/C21H27N3O5S/c1-27-13-12-24-16-21(29-18-7-3-4-8-19(18)30(24,25)26)9-11-23(15-21)14-17-6-5-10-22-20(17)28-2/h3-8,10H,9,11-16H2,1-2H3/t21-/m0/s1. The van der Waals surface area contributed by atoms with Gasteiger partial charge in [0.2, 0.25) is 15.9 Å². The quantitative estimate of drug-likeness (QED) is 0.687. The van der Waals surface area contributed by atoms with Crippen LogP contribution in [0.1, 0.15) is 12.0 Å². The SMILES string of the molecule is COCCN1C[C@@]2(CCN(Cc3cccnc3OC)C2)Oc2ccccc2S1(=O)=O. The van der Waals surface area contributed by atoms with Crippen LogP contribution in [0.4, 0.5) is 0 Å². The number of aromatic nitrogens is 1. The van der Waals surface area contributed by atoms with Crippen molar-refractivity contribution in [3.05, 3.63) is 48.2 Å². The van der Waals surface area contributed by atoms with E-state index in [0.29, 0.717) is 31.3 Å². The minimum atomic E-state index is -3.66. The first-order valence-electron chi connectivity index (χ1n) is 9.95. The monoisotopic (exact) mass is 433 g/mol. The smallest absolute Gasteiger partial charge is 0.246 e. The lowest BCUT2D eigenvalue weighted by Gasteiger charge is -2.32. The van der Waals surface area contributed by atoms with Gasteiger partial charge in [-0.05, 0) is 18.2 Å². The van der Waals surface area contributed by atoms with Crippen LogP contribution in [-0.2, 0) is 21.3 Å². The van der Waals surface area contributed by atoms with Gasteiger partial charge in [-0.25, -0.2) is 13.4 Å². The number of sulfonamides is 1. The second-order valence-electron chi connectivity index (χ2n) is 7.70. The van der Waals surface area contributed by atoms with E-state index in [0.717, 1.165) is 18.5 Å². The summed E-state index contributed by atoms with van der Waals surface area (Å²) in [6.07, 6.45) is 2.43. The molecule has 2 aromatic rings. The second-order valence-corrected chi connectivity index (χ2v) is 9.60. The van der Waals surface area contributed by atoms with Crippen LogP contribution in [0, 0.1) is 0 Å². The molecule has 2 aliphatic rings. The molecule has 0 aliphatic carbocycles. The van der Waals surface area contributed by atoms with Crippen LogP contribution < -0.4 is 9.47 Å². The number of nitrogens with zero attached hydrogens (tertiary/aromatic N) is 3. The number of ether oxygens (including phenoxy) is 3. The predicted molar refractivity (Wildman–Crippen MR) is 111 cm³/mol. The Hall–Kier alpha value is -2.20. The van der Waals surface area contributed by atoms with Gasteiger partial charge in [0.15, 0.2) is 0 Å². The Bertz CT molecular complexity index is 1000. The van der Waals surface area contributed by atoms with E-state index in [1.165, 1.54) is 4.31 Å². The number of fused-ring (bicyclic) bond motifs is 1. The number of rotatable bonds is 6. The predicted octanol–water partition coefficient (Wildman–Crippen LogP) is 1.76. The summed E-state index contributed by atoms with van der Waals surface area (Å²) < 4.78 is 45.0. The lowest BCUT2D eigenvalue weighted by molar-refractivity contribution is 0.0532. The van der Waals surface area contributed by atoms with Crippen molar-refractivity contribution in [2.75, 3.05) is 47.0 Å². The molecular formula is C21H27N3O5S. The topological polar surface area (TPSA) is 81.2 Å². The van der Waals surface area contributed by atoms with Crippen molar-refractivity contribution < 1.29 is 22.6 Å². The molecule has 0 amide bonds. The van der Waals surface area contributed by atoms with E-state index in [1.54, 1.807) is 44.7 Å². The fourth-order valence-electron chi connectivity index (χ4n) is 4.19. The molecule has 1 atom stereocenters. The van der Waals surface area contributed by atoms with Crippen LogP contribution in [0.5, 0.6) is 11.6 Å². The third kappa shape index (κ3) is 4.02. The Labute approximate surface area is 177 Å². The number of benzene rings is 1. The normalized spacial score (nSPS) is 23.7. The average molecular weight is 434 g/mol. The van der Waals surface area contributed by atoms with E-state index in [-0.39, 0.29) is 18.0 Å². The number of likely N-dealkylation sites (tertiary alicyclic amines) is 1. The third-order valence-corrected chi connectivity index (χ3v) is 7.52. The van der Waals surface area contributed by atoms with Crippen molar-refractivity contribution in [2.24, 2.45) is 0 Å². The highest BCUT2D eigenvalue weighted by Crippen LogP contribution is 2.38. The van der Waals surface area contributed by atoms with Crippen LogP contribution in [0.15, 0.2) is 47.5 Å². The van der Waals surface area contributed by atoms with Gasteiger partial charge < -0.3 is 14.2 Å². The maximum absolute atomic E-state index is 13.3. The average Bonchev–Trinajstić information content (AvgIpc) is 3.09. The minimum absolute atomic E-state index is 0.213. The van der Waals surface area contributed by atoms with E-state index >= 15 is 0 Å². The van der Waals surface area contributed by atoms with E-state index in [1.807, 2.05) is 12.1 Å². The van der Waals surface area contributed by atoms with Crippen LogP contribution in [0.2, 0.25) is 0 Å². The maximum Gasteiger partial charge on any atom is 0.246 e. The van der Waals surface area contributed by atoms with E-state index in [9.17, 15) is 8.42 Å². The summed E-state index contributed by atoms with van der Waals surface area (Å²) in [6.45, 7) is 2.96.